The number of fused-ring (bicyclic) bond motifs is 1. The number of hydrogen-bond acceptors (Lipinski definition) is 3. The van der Waals surface area contributed by atoms with Crippen LogP contribution in [0.4, 0.5) is 0 Å². The van der Waals surface area contributed by atoms with Crippen LogP contribution in [0.25, 0.3) is 0 Å². The van der Waals surface area contributed by atoms with E-state index in [2.05, 4.69) is 70.9 Å². The monoisotopic (exact) mass is 291 g/mol. The quantitative estimate of drug-likeness (QED) is 0.916. The highest BCUT2D eigenvalue weighted by atomic mass is 15.3. The highest BCUT2D eigenvalue weighted by molar-refractivity contribution is 5.82. The lowest BCUT2D eigenvalue weighted by Crippen LogP contribution is -2.51. The van der Waals surface area contributed by atoms with Gasteiger partial charge in [0.05, 0.1) is 12.1 Å². The molecule has 1 N–H and O–H groups in total. The Balaban J connectivity index is 1.57. The average Bonchev–Trinajstić information content (AvgIpc) is 2.62. The maximum atomic E-state index is 4.98. The van der Waals surface area contributed by atoms with E-state index in [0.29, 0.717) is 6.04 Å². The Morgan fingerprint density at radius 3 is 2.18 bits per heavy atom. The van der Waals surface area contributed by atoms with Gasteiger partial charge in [0.15, 0.2) is 5.96 Å². The van der Waals surface area contributed by atoms with E-state index in [1.807, 2.05) is 0 Å². The first-order valence-corrected chi connectivity index (χ1v) is 8.09. The van der Waals surface area contributed by atoms with Crippen molar-refractivity contribution in [3.63, 3.8) is 0 Å². The molecule has 22 heavy (non-hydrogen) atoms. The first-order valence-electron chi connectivity index (χ1n) is 8.09. The predicted octanol–water partition coefficient (Wildman–Crippen LogP) is 3.52. The van der Waals surface area contributed by atoms with Crippen LogP contribution < -0.4 is 5.32 Å². The van der Waals surface area contributed by atoms with Crippen molar-refractivity contribution in [3.8, 4) is 0 Å². The number of benzene rings is 2. The summed E-state index contributed by atoms with van der Waals surface area (Å²) < 4.78 is 0. The fourth-order valence-corrected chi connectivity index (χ4v) is 3.39. The summed E-state index contributed by atoms with van der Waals surface area (Å²) in [5.74, 6) is 1.07. The largest absolute Gasteiger partial charge is 0.349 e. The van der Waals surface area contributed by atoms with E-state index in [-0.39, 0.29) is 6.04 Å². The molecule has 112 valence electrons. The molecule has 0 unspecified atom stereocenters. The molecule has 2 atom stereocenters. The van der Waals surface area contributed by atoms with Crippen LogP contribution in [-0.2, 0) is 0 Å². The van der Waals surface area contributed by atoms with Crippen LogP contribution >= 0.6 is 0 Å². The standard InChI is InChI=1S/C19H21N3/c1-3-7-15(8-4-1)17-11-13-22-14-12-18(21-19(22)20-17)16-9-5-2-6-10-16/h1-10,17-18H,11-14H2,(H,20,21)/t17-,18-/m0/s1. The second-order valence-electron chi connectivity index (χ2n) is 6.05. The third-order valence-electron chi connectivity index (χ3n) is 4.63. The van der Waals surface area contributed by atoms with Gasteiger partial charge in [-0.05, 0) is 24.0 Å². The van der Waals surface area contributed by atoms with E-state index in [1.165, 1.54) is 11.1 Å². The molecule has 4 rings (SSSR count). The van der Waals surface area contributed by atoms with Gasteiger partial charge in [-0.25, -0.2) is 4.99 Å². The maximum absolute atomic E-state index is 4.98. The van der Waals surface area contributed by atoms with E-state index >= 15 is 0 Å². The first-order chi connectivity index (χ1) is 10.9. The highest BCUT2D eigenvalue weighted by Crippen LogP contribution is 2.29. The van der Waals surface area contributed by atoms with E-state index in [9.17, 15) is 0 Å². The number of hydrogen-bond donors (Lipinski definition) is 1. The second-order valence-corrected chi connectivity index (χ2v) is 6.05. The molecule has 1 fully saturated rings. The molecule has 0 aromatic heterocycles. The molecule has 0 amide bonds. The molecule has 0 aliphatic carbocycles. The molecule has 2 aliphatic rings. The summed E-state index contributed by atoms with van der Waals surface area (Å²) in [4.78, 5) is 7.37. The zero-order chi connectivity index (χ0) is 14.8. The van der Waals surface area contributed by atoms with Gasteiger partial charge in [-0.15, -0.1) is 0 Å². The van der Waals surface area contributed by atoms with Crippen molar-refractivity contribution in [1.82, 2.24) is 10.2 Å². The van der Waals surface area contributed by atoms with Crippen molar-refractivity contribution < 1.29 is 0 Å². The van der Waals surface area contributed by atoms with Crippen molar-refractivity contribution in [3.05, 3.63) is 71.8 Å². The van der Waals surface area contributed by atoms with E-state index in [0.717, 1.165) is 31.9 Å². The number of nitrogens with zero attached hydrogens (tertiary/aromatic N) is 2. The second kappa shape index (κ2) is 5.84. The molecule has 3 nitrogen and oxygen atoms in total. The topological polar surface area (TPSA) is 27.6 Å². The van der Waals surface area contributed by atoms with Crippen LogP contribution in [0.5, 0.6) is 0 Å². The summed E-state index contributed by atoms with van der Waals surface area (Å²) in [6.45, 7) is 2.18. The number of rotatable bonds is 2. The SMILES string of the molecule is c1ccc([C@@H]2CCN3CC[C@@H](c4ccccc4)NC3=N2)cc1. The van der Waals surface area contributed by atoms with Gasteiger partial charge >= 0.3 is 0 Å². The molecule has 3 heteroatoms. The summed E-state index contributed by atoms with van der Waals surface area (Å²) >= 11 is 0. The summed E-state index contributed by atoms with van der Waals surface area (Å²) in [6, 6.07) is 22.0. The fourth-order valence-electron chi connectivity index (χ4n) is 3.39. The molecule has 2 aliphatic heterocycles. The predicted molar refractivity (Wildman–Crippen MR) is 89.7 cm³/mol. The first kappa shape index (κ1) is 13.4. The molecule has 0 spiro atoms. The number of guanidine groups is 1. The Morgan fingerprint density at radius 2 is 1.45 bits per heavy atom. The van der Waals surface area contributed by atoms with Crippen LogP contribution in [0.1, 0.15) is 36.1 Å². The van der Waals surface area contributed by atoms with Crippen molar-refractivity contribution in [1.29, 1.82) is 0 Å². The summed E-state index contributed by atoms with van der Waals surface area (Å²) in [5.41, 5.74) is 2.67. The summed E-state index contributed by atoms with van der Waals surface area (Å²) in [5, 5.41) is 3.65. The van der Waals surface area contributed by atoms with Gasteiger partial charge < -0.3 is 10.2 Å². The molecular weight excluding hydrogens is 270 g/mol. The Bertz CT molecular complexity index is 651. The minimum Gasteiger partial charge on any atom is -0.349 e. The normalized spacial score (nSPS) is 24.2. The van der Waals surface area contributed by atoms with Crippen molar-refractivity contribution in [2.45, 2.75) is 24.9 Å². The zero-order valence-corrected chi connectivity index (χ0v) is 12.7. The van der Waals surface area contributed by atoms with Crippen molar-refractivity contribution >= 4 is 5.96 Å². The third kappa shape index (κ3) is 2.59. The van der Waals surface area contributed by atoms with Crippen LogP contribution in [0, 0.1) is 0 Å². The van der Waals surface area contributed by atoms with Gasteiger partial charge in [0.2, 0.25) is 0 Å². The van der Waals surface area contributed by atoms with Crippen LogP contribution in [0.15, 0.2) is 65.7 Å². The molecule has 2 aromatic carbocycles. The Labute approximate surface area is 131 Å². The lowest BCUT2D eigenvalue weighted by atomic mass is 9.99. The molecule has 1 saturated heterocycles. The van der Waals surface area contributed by atoms with Crippen molar-refractivity contribution in [2.24, 2.45) is 4.99 Å². The van der Waals surface area contributed by atoms with E-state index < -0.39 is 0 Å². The smallest absolute Gasteiger partial charge is 0.195 e. The number of aliphatic imine (C=N–C) groups is 1. The molecule has 0 radical (unpaired) electrons. The van der Waals surface area contributed by atoms with Gasteiger partial charge in [0.1, 0.15) is 0 Å². The Morgan fingerprint density at radius 1 is 0.818 bits per heavy atom. The van der Waals surface area contributed by atoms with E-state index in [1.54, 1.807) is 0 Å². The average molecular weight is 291 g/mol. The van der Waals surface area contributed by atoms with Gasteiger partial charge in [-0.1, -0.05) is 60.7 Å². The van der Waals surface area contributed by atoms with Crippen molar-refractivity contribution in [2.75, 3.05) is 13.1 Å². The molecule has 2 aromatic rings. The summed E-state index contributed by atoms with van der Waals surface area (Å²) in [6.07, 6.45) is 2.24. The lowest BCUT2D eigenvalue weighted by Gasteiger charge is -2.40. The van der Waals surface area contributed by atoms with E-state index in [4.69, 9.17) is 4.99 Å². The Hall–Kier alpha value is -2.29. The molecule has 2 heterocycles. The highest BCUT2D eigenvalue weighted by Gasteiger charge is 2.29. The number of nitrogens with one attached hydrogen (secondary N) is 1. The minimum atomic E-state index is 0.287. The molecule has 0 bridgehead atoms. The lowest BCUT2D eigenvalue weighted by molar-refractivity contribution is 0.295. The third-order valence-corrected chi connectivity index (χ3v) is 4.63. The van der Waals surface area contributed by atoms with Crippen LogP contribution in [0.3, 0.4) is 0 Å². The summed E-state index contributed by atoms with van der Waals surface area (Å²) in [7, 11) is 0. The van der Waals surface area contributed by atoms with Gasteiger partial charge in [-0.3, -0.25) is 0 Å². The Kier molecular flexibility index (Phi) is 3.55. The van der Waals surface area contributed by atoms with Gasteiger partial charge in [0.25, 0.3) is 0 Å². The minimum absolute atomic E-state index is 0.287. The maximum Gasteiger partial charge on any atom is 0.195 e. The van der Waals surface area contributed by atoms with Gasteiger partial charge in [0, 0.05) is 13.1 Å². The fraction of sp³-hybridized carbons (Fsp3) is 0.316. The molecule has 0 saturated carbocycles. The van der Waals surface area contributed by atoms with Crippen LogP contribution in [-0.4, -0.2) is 23.9 Å². The zero-order valence-electron chi connectivity index (χ0n) is 12.7. The van der Waals surface area contributed by atoms with Gasteiger partial charge in [-0.2, -0.15) is 0 Å². The molecular formula is C19H21N3. The van der Waals surface area contributed by atoms with Crippen LogP contribution in [0.2, 0.25) is 0 Å².